The van der Waals surface area contributed by atoms with Gasteiger partial charge in [-0.1, -0.05) is 60.7 Å². The number of rotatable bonds is 4. The third-order valence-corrected chi connectivity index (χ3v) is 6.80. The number of halogens is 1. The van der Waals surface area contributed by atoms with Gasteiger partial charge < -0.3 is 15.5 Å². The number of nitrogens with one attached hydrogen (secondary N) is 2. The smallest absolute Gasteiger partial charge is 0.318 e. The van der Waals surface area contributed by atoms with Gasteiger partial charge in [0.2, 0.25) is 0 Å². The summed E-state index contributed by atoms with van der Waals surface area (Å²) in [7, 11) is 1.96. The lowest BCUT2D eigenvalue weighted by Gasteiger charge is -2.41. The third kappa shape index (κ3) is 4.00. The number of urea groups is 1. The summed E-state index contributed by atoms with van der Waals surface area (Å²) < 4.78 is 13.6. The number of carbonyl (C=O) groups is 1. The average molecular weight is 430 g/mol. The number of nitrogens with zero attached hydrogens (tertiary/aromatic N) is 1. The molecule has 0 aromatic heterocycles. The molecule has 0 radical (unpaired) electrons. The molecule has 2 amide bonds. The summed E-state index contributed by atoms with van der Waals surface area (Å²) in [6.45, 7) is 0.626. The van der Waals surface area contributed by atoms with E-state index in [0.717, 1.165) is 30.4 Å². The Morgan fingerprint density at radius 1 is 0.938 bits per heavy atom. The van der Waals surface area contributed by atoms with Gasteiger partial charge in [-0.2, -0.15) is 0 Å². The fourth-order valence-electron chi connectivity index (χ4n) is 4.89. The lowest BCUT2D eigenvalue weighted by molar-refractivity contribution is 0.164. The Morgan fingerprint density at radius 3 is 2.41 bits per heavy atom. The molecule has 32 heavy (non-hydrogen) atoms. The Hall–Kier alpha value is -3.18. The van der Waals surface area contributed by atoms with Crippen molar-refractivity contribution >= 4 is 6.03 Å². The molecule has 164 valence electrons. The zero-order chi connectivity index (χ0) is 22.1. The van der Waals surface area contributed by atoms with Crippen LogP contribution in [0.1, 0.15) is 35.6 Å². The number of hydrogen-bond acceptors (Lipinski definition) is 2. The first kappa shape index (κ1) is 20.7. The molecule has 2 aliphatic rings. The van der Waals surface area contributed by atoms with E-state index in [9.17, 15) is 9.18 Å². The summed E-state index contributed by atoms with van der Waals surface area (Å²) in [5.41, 5.74) is 5.63. The van der Waals surface area contributed by atoms with Gasteiger partial charge >= 0.3 is 6.03 Å². The van der Waals surface area contributed by atoms with Crippen molar-refractivity contribution < 1.29 is 9.18 Å². The first-order valence-electron chi connectivity index (χ1n) is 11.3. The molecule has 4 nitrogen and oxygen atoms in total. The molecule has 3 aromatic rings. The van der Waals surface area contributed by atoms with Crippen LogP contribution in [0.5, 0.6) is 0 Å². The van der Waals surface area contributed by atoms with Crippen LogP contribution in [-0.2, 0) is 6.42 Å². The molecular weight excluding hydrogens is 401 g/mol. The number of hydrogen-bond donors (Lipinski definition) is 2. The predicted octanol–water partition coefficient (Wildman–Crippen LogP) is 4.90. The topological polar surface area (TPSA) is 44.4 Å². The Kier molecular flexibility index (Phi) is 5.66. The third-order valence-electron chi connectivity index (χ3n) is 6.80. The maximum Gasteiger partial charge on any atom is 0.318 e. The van der Waals surface area contributed by atoms with Crippen molar-refractivity contribution in [1.82, 2.24) is 15.5 Å². The highest BCUT2D eigenvalue weighted by atomic mass is 19.1. The van der Waals surface area contributed by atoms with E-state index < -0.39 is 0 Å². The molecule has 0 spiro atoms. The van der Waals surface area contributed by atoms with Crippen molar-refractivity contribution in [2.45, 2.75) is 37.4 Å². The molecule has 1 fully saturated rings. The lowest BCUT2D eigenvalue weighted by Crippen LogP contribution is -2.55. The maximum atomic E-state index is 13.6. The van der Waals surface area contributed by atoms with E-state index in [1.165, 1.54) is 28.8 Å². The van der Waals surface area contributed by atoms with Gasteiger partial charge in [-0.15, -0.1) is 0 Å². The van der Waals surface area contributed by atoms with E-state index in [0.29, 0.717) is 12.6 Å². The van der Waals surface area contributed by atoms with Crippen molar-refractivity contribution in [3.05, 3.63) is 95.3 Å². The van der Waals surface area contributed by atoms with Crippen molar-refractivity contribution in [3.63, 3.8) is 0 Å². The number of carbonyl (C=O) groups excluding carboxylic acids is 1. The lowest BCUT2D eigenvalue weighted by atomic mass is 9.85. The number of amides is 2. The highest BCUT2D eigenvalue weighted by Crippen LogP contribution is 2.37. The minimum Gasteiger partial charge on any atom is -0.335 e. The molecule has 1 heterocycles. The zero-order valence-corrected chi connectivity index (χ0v) is 18.2. The van der Waals surface area contributed by atoms with Crippen LogP contribution in [-0.4, -0.2) is 36.6 Å². The molecule has 1 saturated carbocycles. The maximum absolute atomic E-state index is 13.6. The van der Waals surface area contributed by atoms with E-state index in [1.807, 2.05) is 30.1 Å². The summed E-state index contributed by atoms with van der Waals surface area (Å²) in [6.07, 6.45) is 2.70. The Bertz CT molecular complexity index is 1090. The van der Waals surface area contributed by atoms with Crippen LogP contribution in [0, 0.1) is 5.82 Å². The summed E-state index contributed by atoms with van der Waals surface area (Å²) >= 11 is 0. The Labute approximate surface area is 188 Å². The minimum absolute atomic E-state index is 0.0448. The van der Waals surface area contributed by atoms with E-state index in [2.05, 4.69) is 41.0 Å². The summed E-state index contributed by atoms with van der Waals surface area (Å²) in [6, 6.07) is 23.7. The molecule has 1 aliphatic heterocycles. The predicted molar refractivity (Wildman–Crippen MR) is 125 cm³/mol. The zero-order valence-electron chi connectivity index (χ0n) is 18.2. The monoisotopic (exact) mass is 429 g/mol. The summed E-state index contributed by atoms with van der Waals surface area (Å²) in [4.78, 5) is 15.2. The van der Waals surface area contributed by atoms with Crippen molar-refractivity contribution in [3.8, 4) is 11.1 Å². The SMILES string of the molecule is CNC1CC(NC(=O)N2CCc3cc(-c4ccccc4)ccc3[C@@H]2c2ccc(F)cc2)C1. The summed E-state index contributed by atoms with van der Waals surface area (Å²) in [5.74, 6) is -0.271. The van der Waals surface area contributed by atoms with Crippen molar-refractivity contribution in [2.24, 2.45) is 0 Å². The fraction of sp³-hybridized carbons (Fsp3) is 0.296. The first-order valence-corrected chi connectivity index (χ1v) is 11.3. The van der Waals surface area contributed by atoms with Gasteiger partial charge in [-0.25, -0.2) is 9.18 Å². The van der Waals surface area contributed by atoms with Gasteiger partial charge in [0.15, 0.2) is 0 Å². The largest absolute Gasteiger partial charge is 0.335 e. The molecule has 0 unspecified atom stereocenters. The van der Waals surface area contributed by atoms with E-state index in [-0.39, 0.29) is 23.9 Å². The number of fused-ring (bicyclic) bond motifs is 1. The molecule has 0 saturated heterocycles. The highest BCUT2D eigenvalue weighted by Gasteiger charge is 2.35. The quantitative estimate of drug-likeness (QED) is 0.620. The van der Waals surface area contributed by atoms with Crippen LogP contribution < -0.4 is 10.6 Å². The van der Waals surface area contributed by atoms with Crippen LogP contribution in [0.2, 0.25) is 0 Å². The second kappa shape index (κ2) is 8.75. The molecular formula is C27H28FN3O. The van der Waals surface area contributed by atoms with Crippen LogP contribution >= 0.6 is 0 Å². The van der Waals surface area contributed by atoms with Crippen molar-refractivity contribution in [1.29, 1.82) is 0 Å². The van der Waals surface area contributed by atoms with E-state index >= 15 is 0 Å². The molecule has 2 N–H and O–H groups in total. The Balaban J connectivity index is 1.47. The second-order valence-electron chi connectivity index (χ2n) is 8.78. The molecule has 1 aliphatic carbocycles. The number of benzene rings is 3. The van der Waals surface area contributed by atoms with Gasteiger partial charge in [0, 0.05) is 18.6 Å². The van der Waals surface area contributed by atoms with Gasteiger partial charge in [0.25, 0.3) is 0 Å². The van der Waals surface area contributed by atoms with Crippen molar-refractivity contribution in [2.75, 3.05) is 13.6 Å². The van der Waals surface area contributed by atoms with Crippen LogP contribution in [0.15, 0.2) is 72.8 Å². The minimum atomic E-state index is -0.271. The van der Waals surface area contributed by atoms with E-state index in [1.54, 1.807) is 12.1 Å². The standard InChI is InChI=1S/C27H28FN3O/c1-29-23-16-24(17-23)30-27(32)31-14-13-21-15-20(18-5-3-2-4-6-18)9-12-25(21)26(31)19-7-10-22(28)11-8-19/h2-12,15,23-24,26,29H,13-14,16-17H2,1H3,(H,30,32)/t23?,24?,26-/m0/s1. The normalized spacial score (nSPS) is 22.1. The Morgan fingerprint density at radius 2 is 1.69 bits per heavy atom. The molecule has 5 heteroatoms. The molecule has 1 atom stereocenters. The molecule has 0 bridgehead atoms. The summed E-state index contributed by atoms with van der Waals surface area (Å²) in [5, 5.41) is 6.46. The van der Waals surface area contributed by atoms with Crippen LogP contribution in [0.25, 0.3) is 11.1 Å². The fourth-order valence-corrected chi connectivity index (χ4v) is 4.89. The van der Waals surface area contributed by atoms with Gasteiger partial charge in [-0.05, 0) is 66.3 Å². The second-order valence-corrected chi connectivity index (χ2v) is 8.78. The van der Waals surface area contributed by atoms with Gasteiger partial charge in [0.05, 0.1) is 6.04 Å². The van der Waals surface area contributed by atoms with Gasteiger partial charge in [0.1, 0.15) is 5.82 Å². The van der Waals surface area contributed by atoms with Gasteiger partial charge in [-0.3, -0.25) is 0 Å². The van der Waals surface area contributed by atoms with E-state index in [4.69, 9.17) is 0 Å². The highest BCUT2D eigenvalue weighted by molar-refractivity contribution is 5.77. The average Bonchev–Trinajstić information content (AvgIpc) is 2.81. The van der Waals surface area contributed by atoms with Crippen LogP contribution in [0.4, 0.5) is 9.18 Å². The van der Waals surface area contributed by atoms with Crippen LogP contribution in [0.3, 0.4) is 0 Å². The molecule has 5 rings (SSSR count). The molecule has 3 aromatic carbocycles. The first-order chi connectivity index (χ1) is 15.6.